The van der Waals surface area contributed by atoms with Crippen LogP contribution >= 0.6 is 24.0 Å². The molecule has 0 saturated heterocycles. The zero-order valence-electron chi connectivity index (χ0n) is 11.3. The Labute approximate surface area is 129 Å². The van der Waals surface area contributed by atoms with E-state index in [9.17, 15) is 8.78 Å². The SMILES string of the molecule is CC(C)(C)NC(N)=NCCc1cc(F)cc(F)c1.I. The Morgan fingerprint density at radius 3 is 2.21 bits per heavy atom. The van der Waals surface area contributed by atoms with Crippen molar-refractivity contribution in [1.29, 1.82) is 0 Å². The highest BCUT2D eigenvalue weighted by molar-refractivity contribution is 14.0. The number of guanidine groups is 1. The Balaban J connectivity index is 0.00000324. The number of nitrogens with zero attached hydrogens (tertiary/aromatic N) is 1. The molecule has 0 spiro atoms. The molecule has 3 N–H and O–H groups in total. The van der Waals surface area contributed by atoms with Gasteiger partial charge in [-0.3, -0.25) is 4.99 Å². The van der Waals surface area contributed by atoms with E-state index in [4.69, 9.17) is 5.73 Å². The fourth-order valence-electron chi connectivity index (χ4n) is 1.48. The highest BCUT2D eigenvalue weighted by atomic mass is 127. The summed E-state index contributed by atoms with van der Waals surface area (Å²) in [5, 5.41) is 3.01. The number of nitrogens with two attached hydrogens (primary N) is 1. The van der Waals surface area contributed by atoms with Crippen LogP contribution in [0.5, 0.6) is 0 Å². The first-order valence-corrected chi connectivity index (χ1v) is 5.79. The predicted octanol–water partition coefficient (Wildman–Crippen LogP) is 2.83. The van der Waals surface area contributed by atoms with Crippen molar-refractivity contribution in [3.05, 3.63) is 35.4 Å². The van der Waals surface area contributed by atoms with Crippen LogP contribution in [0.25, 0.3) is 0 Å². The lowest BCUT2D eigenvalue weighted by Gasteiger charge is -2.20. The summed E-state index contributed by atoms with van der Waals surface area (Å²) < 4.78 is 25.8. The minimum Gasteiger partial charge on any atom is -0.370 e. The third-order valence-corrected chi connectivity index (χ3v) is 2.11. The van der Waals surface area contributed by atoms with Gasteiger partial charge < -0.3 is 11.1 Å². The lowest BCUT2D eigenvalue weighted by Crippen LogP contribution is -2.45. The Bertz CT molecular complexity index is 422. The lowest BCUT2D eigenvalue weighted by atomic mass is 10.1. The third-order valence-electron chi connectivity index (χ3n) is 2.11. The number of halogens is 3. The molecule has 0 bridgehead atoms. The minimum atomic E-state index is -0.574. The zero-order valence-corrected chi connectivity index (χ0v) is 13.7. The summed E-state index contributed by atoms with van der Waals surface area (Å²) >= 11 is 0. The van der Waals surface area contributed by atoms with Crippen LogP contribution in [0.4, 0.5) is 8.78 Å². The maximum absolute atomic E-state index is 12.9. The molecule has 0 radical (unpaired) electrons. The topological polar surface area (TPSA) is 50.4 Å². The van der Waals surface area contributed by atoms with Gasteiger partial charge in [0.2, 0.25) is 0 Å². The van der Waals surface area contributed by atoms with Crippen molar-refractivity contribution in [2.45, 2.75) is 32.7 Å². The maximum Gasteiger partial charge on any atom is 0.188 e. The molecule has 108 valence electrons. The number of hydrogen-bond acceptors (Lipinski definition) is 1. The number of benzene rings is 1. The van der Waals surface area contributed by atoms with Crippen molar-refractivity contribution < 1.29 is 8.78 Å². The van der Waals surface area contributed by atoms with Crippen LogP contribution in [0.15, 0.2) is 23.2 Å². The Kier molecular flexibility index (Phi) is 7.25. The van der Waals surface area contributed by atoms with Crippen LogP contribution in [0, 0.1) is 11.6 Å². The molecule has 0 amide bonds. The second kappa shape index (κ2) is 7.62. The average Bonchev–Trinajstić information content (AvgIpc) is 2.12. The monoisotopic (exact) mass is 383 g/mol. The lowest BCUT2D eigenvalue weighted by molar-refractivity contribution is 0.508. The quantitative estimate of drug-likeness (QED) is 0.479. The standard InChI is InChI=1S/C13H19F2N3.HI/c1-13(2,3)18-12(16)17-5-4-9-6-10(14)8-11(15)7-9;/h6-8H,4-5H2,1-3H3,(H3,16,17,18);1H. The van der Waals surface area contributed by atoms with Gasteiger partial charge in [0.15, 0.2) is 5.96 Å². The summed E-state index contributed by atoms with van der Waals surface area (Å²) in [5.74, 6) is -0.816. The van der Waals surface area contributed by atoms with E-state index >= 15 is 0 Å². The van der Waals surface area contributed by atoms with E-state index in [1.807, 2.05) is 20.8 Å². The van der Waals surface area contributed by atoms with Gasteiger partial charge in [-0.25, -0.2) is 8.78 Å². The fourth-order valence-corrected chi connectivity index (χ4v) is 1.48. The van der Waals surface area contributed by atoms with E-state index in [-0.39, 0.29) is 29.5 Å². The molecule has 0 atom stereocenters. The second-order valence-corrected chi connectivity index (χ2v) is 5.17. The van der Waals surface area contributed by atoms with Crippen molar-refractivity contribution >= 4 is 29.9 Å². The molecule has 1 aromatic rings. The Morgan fingerprint density at radius 1 is 1.21 bits per heavy atom. The predicted molar refractivity (Wildman–Crippen MR) is 84.9 cm³/mol. The number of hydrogen-bond donors (Lipinski definition) is 2. The van der Waals surface area contributed by atoms with Crippen LogP contribution in [0.1, 0.15) is 26.3 Å². The van der Waals surface area contributed by atoms with Gasteiger partial charge in [-0.15, -0.1) is 24.0 Å². The van der Waals surface area contributed by atoms with Gasteiger partial charge in [0.1, 0.15) is 11.6 Å². The summed E-state index contributed by atoms with van der Waals surface area (Å²) in [6, 6.07) is 3.44. The first-order valence-electron chi connectivity index (χ1n) is 5.79. The van der Waals surface area contributed by atoms with Crippen LogP contribution < -0.4 is 11.1 Å². The van der Waals surface area contributed by atoms with Gasteiger partial charge in [-0.1, -0.05) is 0 Å². The molecule has 0 aliphatic heterocycles. The van der Waals surface area contributed by atoms with Gasteiger partial charge >= 0.3 is 0 Å². The van der Waals surface area contributed by atoms with Crippen LogP contribution in [0.2, 0.25) is 0 Å². The number of nitrogens with one attached hydrogen (secondary N) is 1. The molecule has 6 heteroatoms. The molecule has 0 fully saturated rings. The normalized spacial score (nSPS) is 11.9. The van der Waals surface area contributed by atoms with Crippen molar-refractivity contribution in [2.24, 2.45) is 10.7 Å². The maximum atomic E-state index is 12.9. The smallest absolute Gasteiger partial charge is 0.188 e. The minimum absolute atomic E-state index is 0. The zero-order chi connectivity index (χ0) is 13.8. The van der Waals surface area contributed by atoms with E-state index in [1.54, 1.807) is 0 Å². The van der Waals surface area contributed by atoms with Crippen molar-refractivity contribution in [2.75, 3.05) is 6.54 Å². The molecule has 0 aliphatic rings. The van der Waals surface area contributed by atoms with Gasteiger partial charge in [0.25, 0.3) is 0 Å². The summed E-state index contributed by atoms with van der Waals surface area (Å²) in [6.45, 7) is 6.30. The Morgan fingerprint density at radius 2 is 1.74 bits per heavy atom. The van der Waals surface area contributed by atoms with E-state index in [0.29, 0.717) is 24.5 Å². The van der Waals surface area contributed by atoms with Crippen molar-refractivity contribution in [1.82, 2.24) is 5.32 Å². The Hall–Kier alpha value is -0.920. The molecule has 0 aromatic heterocycles. The molecule has 0 aliphatic carbocycles. The van der Waals surface area contributed by atoms with Crippen LogP contribution in [0.3, 0.4) is 0 Å². The van der Waals surface area contributed by atoms with Gasteiger partial charge in [0.05, 0.1) is 0 Å². The summed E-state index contributed by atoms with van der Waals surface area (Å²) in [7, 11) is 0. The fraction of sp³-hybridized carbons (Fsp3) is 0.462. The highest BCUT2D eigenvalue weighted by Crippen LogP contribution is 2.08. The van der Waals surface area contributed by atoms with Crippen molar-refractivity contribution in [3.63, 3.8) is 0 Å². The van der Waals surface area contributed by atoms with E-state index in [2.05, 4.69) is 10.3 Å². The molecule has 0 saturated carbocycles. The molecule has 0 unspecified atom stereocenters. The molecule has 3 nitrogen and oxygen atoms in total. The van der Waals surface area contributed by atoms with Crippen LogP contribution in [-0.2, 0) is 6.42 Å². The van der Waals surface area contributed by atoms with E-state index in [1.165, 1.54) is 12.1 Å². The number of aliphatic imine (C=N–C) groups is 1. The first-order chi connectivity index (χ1) is 8.26. The average molecular weight is 383 g/mol. The van der Waals surface area contributed by atoms with Crippen LogP contribution in [-0.4, -0.2) is 18.0 Å². The molecule has 1 rings (SSSR count). The molecule has 0 heterocycles. The highest BCUT2D eigenvalue weighted by Gasteiger charge is 2.09. The summed E-state index contributed by atoms with van der Waals surface area (Å²) in [4.78, 5) is 4.10. The van der Waals surface area contributed by atoms with E-state index in [0.717, 1.165) is 6.07 Å². The molecular formula is C13H20F2IN3. The van der Waals surface area contributed by atoms with Gasteiger partial charge in [-0.05, 0) is 44.9 Å². The number of rotatable bonds is 3. The van der Waals surface area contributed by atoms with Gasteiger partial charge in [0, 0.05) is 18.2 Å². The second-order valence-electron chi connectivity index (χ2n) is 5.17. The molecule has 19 heavy (non-hydrogen) atoms. The summed E-state index contributed by atoms with van der Waals surface area (Å²) in [6.07, 6.45) is 0.446. The van der Waals surface area contributed by atoms with Crippen molar-refractivity contribution in [3.8, 4) is 0 Å². The summed E-state index contributed by atoms with van der Waals surface area (Å²) in [5.41, 5.74) is 6.09. The first kappa shape index (κ1) is 18.1. The van der Waals surface area contributed by atoms with Gasteiger partial charge in [-0.2, -0.15) is 0 Å². The third kappa shape index (κ3) is 7.97. The molecule has 1 aromatic carbocycles. The molecular weight excluding hydrogens is 363 g/mol. The van der Waals surface area contributed by atoms with E-state index < -0.39 is 11.6 Å². The largest absolute Gasteiger partial charge is 0.370 e.